The molecule has 0 aliphatic heterocycles. The molecule has 4 heteroatoms. The van der Waals surface area contributed by atoms with Gasteiger partial charge in [0.25, 0.3) is 0 Å². The maximum absolute atomic E-state index is 11.4. The van der Waals surface area contributed by atoms with E-state index in [0.717, 1.165) is 6.42 Å². The van der Waals surface area contributed by atoms with Gasteiger partial charge in [-0.15, -0.1) is 0 Å². The summed E-state index contributed by atoms with van der Waals surface area (Å²) in [5.74, 6) is 0.326. The second-order valence-corrected chi connectivity index (χ2v) is 5.80. The van der Waals surface area contributed by atoms with Crippen LogP contribution in [0.5, 0.6) is 0 Å². The molecule has 0 fully saturated rings. The molecule has 0 saturated heterocycles. The van der Waals surface area contributed by atoms with E-state index in [0.29, 0.717) is 18.9 Å². The lowest BCUT2D eigenvalue weighted by Crippen LogP contribution is -2.36. The summed E-state index contributed by atoms with van der Waals surface area (Å²) in [6.07, 6.45) is 1.25. The van der Waals surface area contributed by atoms with E-state index in [1.807, 2.05) is 20.8 Å². The Kier molecular flexibility index (Phi) is 7.39. The Bertz CT molecular complexity index is 221. The molecule has 2 N–H and O–H groups in total. The van der Waals surface area contributed by atoms with Crippen molar-refractivity contribution in [1.29, 1.82) is 0 Å². The molecule has 0 aliphatic rings. The first kappa shape index (κ1) is 16.4. The maximum Gasteiger partial charge on any atom is 0.307 e. The highest BCUT2D eigenvalue weighted by Crippen LogP contribution is 2.08. The fourth-order valence-corrected chi connectivity index (χ4v) is 1.56. The van der Waals surface area contributed by atoms with Gasteiger partial charge in [-0.2, -0.15) is 0 Å². The molecule has 0 aromatic heterocycles. The number of esters is 1. The van der Waals surface area contributed by atoms with Crippen molar-refractivity contribution in [1.82, 2.24) is 5.32 Å². The van der Waals surface area contributed by atoms with E-state index in [1.54, 1.807) is 0 Å². The largest absolute Gasteiger partial charge is 0.460 e. The summed E-state index contributed by atoms with van der Waals surface area (Å²) in [5.41, 5.74) is -0.425. The van der Waals surface area contributed by atoms with E-state index in [4.69, 9.17) is 9.84 Å². The number of rotatable bonds is 7. The highest BCUT2D eigenvalue weighted by molar-refractivity contribution is 5.70. The third-order valence-corrected chi connectivity index (χ3v) is 2.16. The quantitative estimate of drug-likeness (QED) is 0.670. The predicted molar refractivity (Wildman–Crippen MR) is 68.8 cm³/mol. The summed E-state index contributed by atoms with van der Waals surface area (Å²) in [5, 5.41) is 12.3. The van der Waals surface area contributed by atoms with Gasteiger partial charge in [-0.3, -0.25) is 4.79 Å². The number of carbonyl (C=O) groups is 1. The van der Waals surface area contributed by atoms with Crippen molar-refractivity contribution in [2.45, 2.75) is 59.1 Å². The SMILES string of the molecule is CC(C)CC(CO)NCCC(=O)OC(C)(C)C. The lowest BCUT2D eigenvalue weighted by molar-refractivity contribution is -0.154. The zero-order valence-corrected chi connectivity index (χ0v) is 11.7. The van der Waals surface area contributed by atoms with E-state index in [-0.39, 0.29) is 18.6 Å². The molecule has 0 aromatic carbocycles. The van der Waals surface area contributed by atoms with Gasteiger partial charge in [0.1, 0.15) is 5.60 Å². The number of nitrogens with one attached hydrogen (secondary N) is 1. The van der Waals surface area contributed by atoms with Crippen molar-refractivity contribution in [2.24, 2.45) is 5.92 Å². The summed E-state index contributed by atoms with van der Waals surface area (Å²) in [7, 11) is 0. The smallest absolute Gasteiger partial charge is 0.307 e. The van der Waals surface area contributed by atoms with Crippen LogP contribution in [0.25, 0.3) is 0 Å². The van der Waals surface area contributed by atoms with Crippen LogP contribution in [0.2, 0.25) is 0 Å². The first-order valence-corrected chi connectivity index (χ1v) is 6.30. The molecule has 0 saturated carbocycles. The van der Waals surface area contributed by atoms with Crippen LogP contribution in [0.3, 0.4) is 0 Å². The average molecular weight is 245 g/mol. The lowest BCUT2D eigenvalue weighted by Gasteiger charge is -2.21. The number of carbonyl (C=O) groups excluding carboxylic acids is 1. The van der Waals surface area contributed by atoms with E-state index >= 15 is 0 Å². The molecule has 0 rings (SSSR count). The number of aliphatic hydroxyl groups is 1. The van der Waals surface area contributed by atoms with Crippen LogP contribution in [-0.2, 0) is 9.53 Å². The first-order valence-electron chi connectivity index (χ1n) is 6.30. The Morgan fingerprint density at radius 1 is 1.35 bits per heavy atom. The molecule has 0 amide bonds. The van der Waals surface area contributed by atoms with Gasteiger partial charge in [-0.05, 0) is 33.1 Å². The molecular weight excluding hydrogens is 218 g/mol. The van der Waals surface area contributed by atoms with Gasteiger partial charge in [-0.25, -0.2) is 0 Å². The summed E-state index contributed by atoms with van der Waals surface area (Å²) in [6.45, 7) is 10.4. The molecule has 1 atom stereocenters. The van der Waals surface area contributed by atoms with Crippen LogP contribution in [0.4, 0.5) is 0 Å². The predicted octanol–water partition coefficient (Wildman–Crippen LogP) is 1.71. The fourth-order valence-electron chi connectivity index (χ4n) is 1.56. The van der Waals surface area contributed by atoms with Gasteiger partial charge in [0.15, 0.2) is 0 Å². The summed E-state index contributed by atoms with van der Waals surface area (Å²) in [6, 6.07) is 0.0671. The third kappa shape index (κ3) is 10.3. The molecule has 17 heavy (non-hydrogen) atoms. The molecule has 0 aromatic rings. The zero-order valence-electron chi connectivity index (χ0n) is 11.7. The minimum atomic E-state index is -0.425. The number of hydrogen-bond donors (Lipinski definition) is 2. The maximum atomic E-state index is 11.4. The molecule has 4 nitrogen and oxygen atoms in total. The molecule has 0 spiro atoms. The normalized spacial score (nSPS) is 13.8. The van der Waals surface area contributed by atoms with Crippen molar-refractivity contribution in [2.75, 3.05) is 13.2 Å². The van der Waals surface area contributed by atoms with Crippen molar-refractivity contribution >= 4 is 5.97 Å². The highest BCUT2D eigenvalue weighted by Gasteiger charge is 2.16. The number of aliphatic hydroxyl groups excluding tert-OH is 1. The van der Waals surface area contributed by atoms with Crippen LogP contribution in [0.1, 0.15) is 47.5 Å². The van der Waals surface area contributed by atoms with Crippen LogP contribution in [0.15, 0.2) is 0 Å². The first-order chi connectivity index (χ1) is 7.74. The monoisotopic (exact) mass is 245 g/mol. The van der Waals surface area contributed by atoms with Gasteiger partial charge < -0.3 is 15.2 Å². The molecule has 0 aliphatic carbocycles. The Morgan fingerprint density at radius 2 is 1.94 bits per heavy atom. The van der Waals surface area contributed by atoms with Crippen LogP contribution in [0, 0.1) is 5.92 Å². The van der Waals surface area contributed by atoms with Crippen LogP contribution in [-0.4, -0.2) is 35.9 Å². The second-order valence-electron chi connectivity index (χ2n) is 5.80. The van der Waals surface area contributed by atoms with Gasteiger partial charge in [0.05, 0.1) is 13.0 Å². The molecule has 0 radical (unpaired) electrons. The van der Waals surface area contributed by atoms with Crippen molar-refractivity contribution < 1.29 is 14.6 Å². The molecule has 0 heterocycles. The van der Waals surface area contributed by atoms with E-state index in [9.17, 15) is 4.79 Å². The summed E-state index contributed by atoms with van der Waals surface area (Å²) in [4.78, 5) is 11.4. The standard InChI is InChI=1S/C13H27NO3/c1-10(2)8-11(9-15)14-7-6-12(16)17-13(3,4)5/h10-11,14-15H,6-9H2,1-5H3. The summed E-state index contributed by atoms with van der Waals surface area (Å²) < 4.78 is 5.19. The van der Waals surface area contributed by atoms with Gasteiger partial charge in [0.2, 0.25) is 0 Å². The summed E-state index contributed by atoms with van der Waals surface area (Å²) >= 11 is 0. The second kappa shape index (κ2) is 7.67. The number of hydrogen-bond acceptors (Lipinski definition) is 4. The van der Waals surface area contributed by atoms with Gasteiger partial charge >= 0.3 is 5.97 Å². The molecular formula is C13H27NO3. The Labute approximate surface area is 105 Å². The zero-order chi connectivity index (χ0) is 13.5. The van der Waals surface area contributed by atoms with E-state index < -0.39 is 5.60 Å². The molecule has 102 valence electrons. The van der Waals surface area contributed by atoms with Crippen LogP contribution >= 0.6 is 0 Å². The van der Waals surface area contributed by atoms with Crippen molar-refractivity contribution in [3.05, 3.63) is 0 Å². The van der Waals surface area contributed by atoms with Gasteiger partial charge in [-0.1, -0.05) is 13.8 Å². The minimum absolute atomic E-state index is 0.0671. The van der Waals surface area contributed by atoms with E-state index in [2.05, 4.69) is 19.2 Å². The van der Waals surface area contributed by atoms with Crippen LogP contribution < -0.4 is 5.32 Å². The topological polar surface area (TPSA) is 58.6 Å². The van der Waals surface area contributed by atoms with Gasteiger partial charge in [0, 0.05) is 12.6 Å². The molecule has 0 bridgehead atoms. The fraction of sp³-hybridized carbons (Fsp3) is 0.923. The Balaban J connectivity index is 3.78. The Morgan fingerprint density at radius 3 is 2.35 bits per heavy atom. The van der Waals surface area contributed by atoms with Crippen molar-refractivity contribution in [3.63, 3.8) is 0 Å². The highest BCUT2D eigenvalue weighted by atomic mass is 16.6. The third-order valence-electron chi connectivity index (χ3n) is 2.16. The lowest BCUT2D eigenvalue weighted by atomic mass is 10.0. The minimum Gasteiger partial charge on any atom is -0.460 e. The molecule has 1 unspecified atom stereocenters. The average Bonchev–Trinajstić information content (AvgIpc) is 2.12. The number of ether oxygens (including phenoxy) is 1. The Hall–Kier alpha value is -0.610. The van der Waals surface area contributed by atoms with E-state index in [1.165, 1.54) is 0 Å². The van der Waals surface area contributed by atoms with Crippen molar-refractivity contribution in [3.8, 4) is 0 Å².